The number of amides is 1. The Bertz CT molecular complexity index is 533. The van der Waals surface area contributed by atoms with Crippen LogP contribution in [0.5, 0.6) is 0 Å². The fraction of sp³-hybridized carbons (Fsp3) is 0.385. The van der Waals surface area contributed by atoms with Gasteiger partial charge in [-0.05, 0) is 25.0 Å². The Morgan fingerprint density at radius 1 is 1.20 bits per heavy atom. The number of carboxylic acid groups (broad SMARTS) is 1. The van der Waals surface area contributed by atoms with E-state index in [-0.39, 0.29) is 12.5 Å². The predicted octanol–water partition coefficient (Wildman–Crippen LogP) is 1.41. The number of hydrogen-bond acceptors (Lipinski definition) is 3. The largest absolute Gasteiger partial charge is 0.478 e. The van der Waals surface area contributed by atoms with E-state index in [0.717, 1.165) is 0 Å². The molecule has 20 heavy (non-hydrogen) atoms. The number of carbonyl (C=O) groups excluding carboxylic acids is 1. The molecule has 0 aliphatic rings. The highest BCUT2D eigenvalue weighted by atomic mass is 19.2. The molecule has 0 heterocycles. The number of nitrogens with one attached hydrogen (secondary N) is 1. The molecule has 0 bridgehead atoms. The van der Waals surface area contributed by atoms with Gasteiger partial charge in [-0.1, -0.05) is 6.92 Å². The molecule has 0 aromatic heterocycles. The lowest BCUT2D eigenvalue weighted by Crippen LogP contribution is -2.39. The number of benzene rings is 1. The van der Waals surface area contributed by atoms with Gasteiger partial charge in [0.2, 0.25) is 0 Å². The quantitative estimate of drug-likeness (QED) is 0.764. The second kappa shape index (κ2) is 6.42. The van der Waals surface area contributed by atoms with E-state index in [4.69, 9.17) is 10.2 Å². The summed E-state index contributed by atoms with van der Waals surface area (Å²) >= 11 is 0. The van der Waals surface area contributed by atoms with Crippen LogP contribution in [0.1, 0.15) is 34.6 Å². The smallest absolute Gasteiger partial charge is 0.336 e. The number of aliphatic hydroxyl groups excluding tert-OH is 1. The van der Waals surface area contributed by atoms with Crippen molar-refractivity contribution in [2.45, 2.75) is 19.9 Å². The fourth-order valence-electron chi connectivity index (χ4n) is 1.50. The van der Waals surface area contributed by atoms with Gasteiger partial charge >= 0.3 is 5.97 Å². The average molecular weight is 287 g/mol. The zero-order valence-corrected chi connectivity index (χ0v) is 11.0. The molecule has 110 valence electrons. The molecular weight excluding hydrogens is 272 g/mol. The zero-order chi connectivity index (χ0) is 15.4. The SMILES string of the molecule is CC(CO)C(C)NC(=O)c1cc(F)c(F)cc1C(=O)O. The third-order valence-electron chi connectivity index (χ3n) is 3.04. The highest BCUT2D eigenvalue weighted by Crippen LogP contribution is 2.16. The van der Waals surface area contributed by atoms with Crippen LogP contribution >= 0.6 is 0 Å². The number of hydrogen-bond donors (Lipinski definition) is 3. The maximum Gasteiger partial charge on any atom is 0.336 e. The molecule has 0 saturated carbocycles. The van der Waals surface area contributed by atoms with Crippen molar-refractivity contribution in [1.82, 2.24) is 5.32 Å². The van der Waals surface area contributed by atoms with E-state index < -0.39 is 40.7 Å². The molecule has 3 N–H and O–H groups in total. The third-order valence-corrected chi connectivity index (χ3v) is 3.04. The summed E-state index contributed by atoms with van der Waals surface area (Å²) in [5, 5.41) is 20.3. The van der Waals surface area contributed by atoms with Crippen LogP contribution in [0.3, 0.4) is 0 Å². The van der Waals surface area contributed by atoms with Gasteiger partial charge in [-0.2, -0.15) is 0 Å². The summed E-state index contributed by atoms with van der Waals surface area (Å²) in [6.45, 7) is 3.11. The van der Waals surface area contributed by atoms with Gasteiger partial charge in [0, 0.05) is 12.6 Å². The minimum Gasteiger partial charge on any atom is -0.478 e. The maximum atomic E-state index is 13.2. The van der Waals surface area contributed by atoms with Crippen LogP contribution in [-0.2, 0) is 0 Å². The van der Waals surface area contributed by atoms with Crippen molar-refractivity contribution < 1.29 is 28.6 Å². The highest BCUT2D eigenvalue weighted by molar-refractivity contribution is 6.04. The van der Waals surface area contributed by atoms with Crippen LogP contribution in [0.2, 0.25) is 0 Å². The summed E-state index contributed by atoms with van der Waals surface area (Å²) in [5.41, 5.74) is -1.08. The number of halogens is 2. The van der Waals surface area contributed by atoms with Crippen LogP contribution in [0.4, 0.5) is 8.78 Å². The maximum absolute atomic E-state index is 13.2. The molecule has 0 fully saturated rings. The molecule has 1 rings (SSSR count). The molecule has 2 atom stereocenters. The molecule has 1 amide bonds. The van der Waals surface area contributed by atoms with Crippen molar-refractivity contribution in [1.29, 1.82) is 0 Å². The van der Waals surface area contributed by atoms with Crippen molar-refractivity contribution >= 4 is 11.9 Å². The standard InChI is InChI=1S/C13H15F2NO4/c1-6(5-17)7(2)16-12(18)8-3-10(14)11(15)4-9(8)13(19)20/h3-4,6-7,17H,5H2,1-2H3,(H,16,18)(H,19,20). The van der Waals surface area contributed by atoms with Crippen LogP contribution in [-0.4, -0.2) is 34.7 Å². The Morgan fingerprint density at radius 2 is 1.70 bits per heavy atom. The van der Waals surface area contributed by atoms with Gasteiger partial charge in [0.05, 0.1) is 11.1 Å². The average Bonchev–Trinajstić information content (AvgIpc) is 2.39. The molecule has 2 unspecified atom stereocenters. The summed E-state index contributed by atoms with van der Waals surface area (Å²) in [6.07, 6.45) is 0. The van der Waals surface area contributed by atoms with Crippen molar-refractivity contribution in [3.63, 3.8) is 0 Å². The second-order valence-corrected chi connectivity index (χ2v) is 4.54. The Morgan fingerprint density at radius 3 is 2.15 bits per heavy atom. The Balaban J connectivity index is 3.09. The summed E-state index contributed by atoms with van der Waals surface area (Å²) in [6, 6.07) is 0.555. The van der Waals surface area contributed by atoms with Crippen LogP contribution in [0.15, 0.2) is 12.1 Å². The van der Waals surface area contributed by atoms with E-state index in [2.05, 4.69) is 5.32 Å². The summed E-state index contributed by atoms with van der Waals surface area (Å²) in [5.74, 6) is -5.28. The predicted molar refractivity (Wildman–Crippen MR) is 66.5 cm³/mol. The van der Waals surface area contributed by atoms with Gasteiger partial charge in [-0.15, -0.1) is 0 Å². The van der Waals surface area contributed by atoms with Crippen LogP contribution < -0.4 is 5.32 Å². The lowest BCUT2D eigenvalue weighted by molar-refractivity contribution is 0.0689. The second-order valence-electron chi connectivity index (χ2n) is 4.54. The molecule has 0 aliphatic carbocycles. The molecule has 7 heteroatoms. The Kier molecular flexibility index (Phi) is 5.15. The van der Waals surface area contributed by atoms with E-state index in [1.54, 1.807) is 13.8 Å². The Labute approximate surface area is 114 Å². The first kappa shape index (κ1) is 16.0. The number of rotatable bonds is 5. The van der Waals surface area contributed by atoms with E-state index in [0.29, 0.717) is 12.1 Å². The molecule has 5 nitrogen and oxygen atoms in total. The molecule has 0 aliphatic heterocycles. The lowest BCUT2D eigenvalue weighted by Gasteiger charge is -2.19. The molecule has 0 radical (unpaired) electrons. The van der Waals surface area contributed by atoms with Gasteiger partial charge in [-0.3, -0.25) is 4.79 Å². The number of aromatic carboxylic acids is 1. The van der Waals surface area contributed by atoms with Crippen molar-refractivity contribution in [3.05, 3.63) is 34.9 Å². The van der Waals surface area contributed by atoms with Crippen LogP contribution in [0.25, 0.3) is 0 Å². The first-order valence-electron chi connectivity index (χ1n) is 5.92. The third kappa shape index (κ3) is 3.51. The van der Waals surface area contributed by atoms with Gasteiger partial charge in [0.15, 0.2) is 11.6 Å². The fourth-order valence-corrected chi connectivity index (χ4v) is 1.50. The van der Waals surface area contributed by atoms with Crippen molar-refractivity contribution in [2.75, 3.05) is 6.61 Å². The Hall–Kier alpha value is -2.02. The minimum atomic E-state index is -1.53. The number of carbonyl (C=O) groups is 2. The summed E-state index contributed by atoms with van der Waals surface area (Å²) in [7, 11) is 0. The molecule has 0 spiro atoms. The van der Waals surface area contributed by atoms with Gasteiger partial charge < -0.3 is 15.5 Å². The van der Waals surface area contributed by atoms with Crippen LogP contribution in [0, 0.1) is 17.6 Å². The number of carboxylic acids is 1. The zero-order valence-electron chi connectivity index (χ0n) is 11.0. The van der Waals surface area contributed by atoms with Gasteiger partial charge in [-0.25, -0.2) is 13.6 Å². The van der Waals surface area contributed by atoms with Crippen molar-refractivity contribution in [2.24, 2.45) is 5.92 Å². The van der Waals surface area contributed by atoms with E-state index in [9.17, 15) is 18.4 Å². The van der Waals surface area contributed by atoms with Crippen molar-refractivity contribution in [3.8, 4) is 0 Å². The van der Waals surface area contributed by atoms with E-state index >= 15 is 0 Å². The molecule has 1 aromatic rings. The van der Waals surface area contributed by atoms with E-state index in [1.807, 2.05) is 0 Å². The molecular formula is C13H15F2NO4. The van der Waals surface area contributed by atoms with E-state index in [1.165, 1.54) is 0 Å². The van der Waals surface area contributed by atoms with Gasteiger partial charge in [0.1, 0.15) is 0 Å². The summed E-state index contributed by atoms with van der Waals surface area (Å²) in [4.78, 5) is 22.9. The molecule has 0 saturated heterocycles. The normalized spacial score (nSPS) is 13.7. The highest BCUT2D eigenvalue weighted by Gasteiger charge is 2.22. The first-order chi connectivity index (χ1) is 9.27. The monoisotopic (exact) mass is 287 g/mol. The molecule has 1 aromatic carbocycles. The topological polar surface area (TPSA) is 86.6 Å². The number of aliphatic hydroxyl groups is 1. The first-order valence-corrected chi connectivity index (χ1v) is 5.92. The lowest BCUT2D eigenvalue weighted by atomic mass is 10.0. The van der Waals surface area contributed by atoms with Gasteiger partial charge in [0.25, 0.3) is 5.91 Å². The minimum absolute atomic E-state index is 0.176. The summed E-state index contributed by atoms with van der Waals surface area (Å²) < 4.78 is 26.2.